The summed E-state index contributed by atoms with van der Waals surface area (Å²) in [7, 11) is 0. The first-order valence-electron chi connectivity index (χ1n) is 12.8. The number of aromatic nitrogens is 1. The molecule has 0 saturated heterocycles. The maximum atomic E-state index is 12.7. The van der Waals surface area contributed by atoms with Crippen molar-refractivity contribution in [2.75, 3.05) is 0 Å². The van der Waals surface area contributed by atoms with E-state index in [9.17, 15) is 14.4 Å². The van der Waals surface area contributed by atoms with Gasteiger partial charge in [0.1, 0.15) is 10.8 Å². The van der Waals surface area contributed by atoms with E-state index in [2.05, 4.69) is 17.1 Å². The lowest BCUT2D eigenvalue weighted by Gasteiger charge is -2.28. The Bertz CT molecular complexity index is 1190. The van der Waals surface area contributed by atoms with Gasteiger partial charge in [-0.15, -0.1) is 11.3 Å². The number of carbonyl (C=O) groups excluding carboxylic acids is 2. The molecule has 1 N–H and O–H groups in total. The van der Waals surface area contributed by atoms with Crippen LogP contribution in [0.5, 0.6) is 0 Å². The molecule has 188 valence electrons. The van der Waals surface area contributed by atoms with Crippen molar-refractivity contribution in [1.29, 1.82) is 0 Å². The molecule has 5 nitrogen and oxygen atoms in total. The van der Waals surface area contributed by atoms with Crippen LogP contribution >= 0.6 is 11.3 Å². The normalized spacial score (nSPS) is 17.6. The Balaban J connectivity index is 1.21. The van der Waals surface area contributed by atoms with Crippen LogP contribution in [0.4, 0.5) is 0 Å². The van der Waals surface area contributed by atoms with Gasteiger partial charge in [-0.25, -0.2) is 4.98 Å². The highest BCUT2D eigenvalue weighted by Gasteiger charge is 2.24. The first-order valence-corrected chi connectivity index (χ1v) is 13.6. The van der Waals surface area contributed by atoms with Crippen LogP contribution in [0, 0.1) is 12.8 Å². The zero-order valence-corrected chi connectivity index (χ0v) is 21.6. The van der Waals surface area contributed by atoms with Gasteiger partial charge in [-0.1, -0.05) is 54.6 Å². The maximum absolute atomic E-state index is 12.7. The fraction of sp³-hybridized carbons (Fsp3) is 0.400. The van der Waals surface area contributed by atoms with E-state index < -0.39 is 5.97 Å². The third-order valence-electron chi connectivity index (χ3n) is 7.09. The van der Waals surface area contributed by atoms with Crippen LogP contribution < -0.4 is 0 Å². The zero-order valence-electron chi connectivity index (χ0n) is 20.7. The molecule has 3 aromatic rings. The molecule has 4 rings (SSSR count). The second kappa shape index (κ2) is 12.2. The van der Waals surface area contributed by atoms with Gasteiger partial charge in [0.05, 0.1) is 10.6 Å². The Kier molecular flexibility index (Phi) is 8.81. The lowest BCUT2D eigenvalue weighted by molar-refractivity contribution is -0.138. The van der Waals surface area contributed by atoms with E-state index in [0.29, 0.717) is 42.4 Å². The van der Waals surface area contributed by atoms with Gasteiger partial charge in [0.2, 0.25) is 0 Å². The number of aliphatic carboxylic acids is 1. The number of benzene rings is 2. The molecule has 0 aliphatic heterocycles. The molecule has 0 radical (unpaired) electrons. The quantitative estimate of drug-likeness (QED) is 0.284. The molecule has 1 aromatic heterocycles. The first-order chi connectivity index (χ1) is 17.4. The van der Waals surface area contributed by atoms with Crippen LogP contribution in [0.2, 0.25) is 0 Å². The van der Waals surface area contributed by atoms with Gasteiger partial charge in [-0.3, -0.25) is 14.4 Å². The summed E-state index contributed by atoms with van der Waals surface area (Å²) in [6, 6.07) is 18.2. The summed E-state index contributed by atoms with van der Waals surface area (Å²) in [5, 5.41) is 9.84. The lowest BCUT2D eigenvalue weighted by Crippen LogP contribution is -2.16. The zero-order chi connectivity index (χ0) is 25.5. The number of hydrogen-bond donors (Lipinski definition) is 1. The van der Waals surface area contributed by atoms with E-state index in [1.807, 2.05) is 49.4 Å². The smallest absolute Gasteiger partial charge is 0.303 e. The van der Waals surface area contributed by atoms with E-state index in [1.54, 1.807) is 0 Å². The Hall–Kier alpha value is -3.12. The largest absolute Gasteiger partial charge is 0.481 e. The summed E-state index contributed by atoms with van der Waals surface area (Å²) in [4.78, 5) is 41.4. The maximum Gasteiger partial charge on any atom is 0.303 e. The Morgan fingerprint density at radius 3 is 2.31 bits per heavy atom. The summed E-state index contributed by atoms with van der Waals surface area (Å²) < 4.78 is 0. The fourth-order valence-corrected chi connectivity index (χ4v) is 6.13. The number of rotatable bonds is 11. The summed E-state index contributed by atoms with van der Waals surface area (Å²) in [6.45, 7) is 1.87. The minimum Gasteiger partial charge on any atom is -0.481 e. The van der Waals surface area contributed by atoms with Crippen LogP contribution in [0.3, 0.4) is 0 Å². The molecule has 1 aliphatic rings. The molecule has 1 saturated carbocycles. The topological polar surface area (TPSA) is 84.3 Å². The molecule has 0 bridgehead atoms. The van der Waals surface area contributed by atoms with Crippen LogP contribution in [-0.4, -0.2) is 27.6 Å². The molecular formula is C30H33NO4S. The van der Waals surface area contributed by atoms with Crippen molar-refractivity contribution in [3.8, 4) is 10.6 Å². The van der Waals surface area contributed by atoms with Gasteiger partial charge < -0.3 is 5.11 Å². The number of nitrogens with zero attached hydrogens (tertiary/aromatic N) is 1. The second-order valence-corrected chi connectivity index (χ2v) is 10.8. The van der Waals surface area contributed by atoms with Crippen LogP contribution in [0.1, 0.15) is 83.8 Å². The number of ketones is 2. The van der Waals surface area contributed by atoms with Crippen LogP contribution in [-0.2, 0) is 16.0 Å². The number of aryl methyl sites for hydroxylation is 1. The van der Waals surface area contributed by atoms with Gasteiger partial charge in [0.25, 0.3) is 0 Å². The van der Waals surface area contributed by atoms with Crippen LogP contribution in [0.25, 0.3) is 10.6 Å². The minimum atomic E-state index is -0.701. The predicted molar refractivity (Wildman–Crippen MR) is 143 cm³/mol. The molecular weight excluding hydrogens is 470 g/mol. The third kappa shape index (κ3) is 6.97. The molecule has 1 heterocycles. The molecule has 1 fully saturated rings. The predicted octanol–water partition coefficient (Wildman–Crippen LogP) is 7.03. The molecule has 36 heavy (non-hydrogen) atoms. The van der Waals surface area contributed by atoms with Gasteiger partial charge >= 0.3 is 5.97 Å². The van der Waals surface area contributed by atoms with Crippen molar-refractivity contribution in [2.24, 2.45) is 5.92 Å². The summed E-state index contributed by atoms with van der Waals surface area (Å²) in [5.41, 5.74) is 4.04. The third-order valence-corrected chi connectivity index (χ3v) is 8.34. The van der Waals surface area contributed by atoms with Crippen molar-refractivity contribution >= 4 is 28.9 Å². The SMILES string of the molecule is Cc1nc(-c2ccccc2)sc1C(=O)CCCC(=O)Cc1ccc(C2CCC(CC(=O)O)CC2)cc1. The highest BCUT2D eigenvalue weighted by Crippen LogP contribution is 2.37. The molecule has 1 aliphatic carbocycles. The Morgan fingerprint density at radius 1 is 0.944 bits per heavy atom. The molecule has 0 unspecified atom stereocenters. The van der Waals surface area contributed by atoms with Gasteiger partial charge in [0, 0.05) is 31.2 Å². The van der Waals surface area contributed by atoms with E-state index in [4.69, 9.17) is 5.11 Å². The molecule has 0 atom stereocenters. The molecule has 2 aromatic carbocycles. The van der Waals surface area contributed by atoms with Gasteiger partial charge in [-0.2, -0.15) is 0 Å². The fourth-order valence-electron chi connectivity index (χ4n) is 5.09. The van der Waals surface area contributed by atoms with Crippen molar-refractivity contribution in [2.45, 2.75) is 70.6 Å². The second-order valence-electron chi connectivity index (χ2n) is 9.85. The van der Waals surface area contributed by atoms with E-state index in [1.165, 1.54) is 16.9 Å². The number of thiazole rings is 1. The van der Waals surface area contributed by atoms with Crippen molar-refractivity contribution in [3.05, 3.63) is 76.3 Å². The number of Topliss-reactive ketones (excluding diaryl/α,β-unsaturated/α-hetero) is 2. The summed E-state index contributed by atoms with van der Waals surface area (Å²) in [6.07, 6.45) is 5.93. The lowest BCUT2D eigenvalue weighted by atomic mass is 9.77. The highest BCUT2D eigenvalue weighted by atomic mass is 32.1. The molecule has 0 amide bonds. The van der Waals surface area contributed by atoms with Gasteiger partial charge in [-0.05, 0) is 62.0 Å². The van der Waals surface area contributed by atoms with Crippen molar-refractivity contribution in [1.82, 2.24) is 4.98 Å². The molecule has 0 spiro atoms. The van der Waals surface area contributed by atoms with E-state index in [-0.39, 0.29) is 18.0 Å². The molecule has 6 heteroatoms. The highest BCUT2D eigenvalue weighted by molar-refractivity contribution is 7.17. The Labute approximate surface area is 216 Å². The monoisotopic (exact) mass is 503 g/mol. The first kappa shape index (κ1) is 26.0. The standard InChI is InChI=1S/C30H33NO4S/c1-20-29(36-30(31-20)25-6-3-2-4-7-25)27(33)9-5-8-26(32)18-21-10-14-23(15-11-21)24-16-12-22(13-17-24)19-28(34)35/h2-4,6-7,10-11,14-15,22,24H,5,8-9,12-13,16-19H2,1H3,(H,34,35). The number of carboxylic acid groups (broad SMARTS) is 1. The number of carbonyl (C=O) groups is 3. The van der Waals surface area contributed by atoms with Crippen molar-refractivity contribution in [3.63, 3.8) is 0 Å². The summed E-state index contributed by atoms with van der Waals surface area (Å²) in [5.74, 6) is 0.280. The van der Waals surface area contributed by atoms with Crippen LogP contribution in [0.15, 0.2) is 54.6 Å². The average molecular weight is 504 g/mol. The van der Waals surface area contributed by atoms with E-state index in [0.717, 1.165) is 47.5 Å². The van der Waals surface area contributed by atoms with Crippen molar-refractivity contribution < 1.29 is 19.5 Å². The average Bonchev–Trinajstić information content (AvgIpc) is 3.27. The minimum absolute atomic E-state index is 0.0578. The number of carboxylic acids is 1. The van der Waals surface area contributed by atoms with Gasteiger partial charge in [0.15, 0.2) is 5.78 Å². The number of hydrogen-bond acceptors (Lipinski definition) is 5. The summed E-state index contributed by atoms with van der Waals surface area (Å²) >= 11 is 1.43. The Morgan fingerprint density at radius 2 is 1.64 bits per heavy atom. The van der Waals surface area contributed by atoms with E-state index >= 15 is 0 Å².